The second-order valence-electron chi connectivity index (χ2n) is 7.69. The molecule has 1 N–H and O–H groups in total. The highest BCUT2D eigenvalue weighted by atomic mass is 28.4. The van der Waals surface area contributed by atoms with Crippen LogP contribution in [0.1, 0.15) is 0 Å². The van der Waals surface area contributed by atoms with Crippen LogP contribution in [0.25, 0.3) is 11.1 Å². The number of hydrogen-bond acceptors (Lipinski definition) is 2. The molecule has 0 heterocycles. The zero-order valence-corrected chi connectivity index (χ0v) is 16.5. The van der Waals surface area contributed by atoms with Crippen LogP contribution in [-0.2, 0) is 0 Å². The standard InChI is InChI=1S/C18H27NOSi2/c1-21(2,3)19-17-11-7-15(8-12-17)16-9-13-18(14-10-16)20-22(4,5)6/h7-14,19H,1-6H3. The summed E-state index contributed by atoms with van der Waals surface area (Å²) in [7, 11) is -2.82. The van der Waals surface area contributed by atoms with Crippen molar-refractivity contribution in [2.75, 3.05) is 4.98 Å². The van der Waals surface area contributed by atoms with Crippen LogP contribution in [0.4, 0.5) is 5.69 Å². The molecule has 0 spiro atoms. The van der Waals surface area contributed by atoms with Crippen molar-refractivity contribution in [2.45, 2.75) is 39.3 Å². The lowest BCUT2D eigenvalue weighted by Gasteiger charge is -2.20. The number of benzene rings is 2. The van der Waals surface area contributed by atoms with Gasteiger partial charge in [0.05, 0.1) is 0 Å². The molecule has 0 aliphatic rings. The molecule has 2 nitrogen and oxygen atoms in total. The average Bonchev–Trinajstić information content (AvgIpc) is 2.37. The van der Waals surface area contributed by atoms with E-state index >= 15 is 0 Å². The Bertz CT molecular complexity index is 550. The van der Waals surface area contributed by atoms with Gasteiger partial charge in [-0.05, 0) is 55.0 Å². The van der Waals surface area contributed by atoms with Gasteiger partial charge in [-0.3, -0.25) is 0 Å². The number of anilines is 1. The summed E-state index contributed by atoms with van der Waals surface area (Å²) >= 11 is 0. The van der Waals surface area contributed by atoms with E-state index < -0.39 is 16.6 Å². The Kier molecular flexibility index (Phi) is 4.82. The van der Waals surface area contributed by atoms with Crippen LogP contribution in [0.2, 0.25) is 39.3 Å². The van der Waals surface area contributed by atoms with Crippen LogP contribution in [0, 0.1) is 0 Å². The third-order valence-electron chi connectivity index (χ3n) is 3.02. The maximum atomic E-state index is 6.00. The number of rotatable bonds is 5. The quantitative estimate of drug-likeness (QED) is 0.698. The highest BCUT2D eigenvalue weighted by Gasteiger charge is 2.16. The van der Waals surface area contributed by atoms with Crippen LogP contribution in [0.3, 0.4) is 0 Å². The molecular formula is C18H27NOSi2. The van der Waals surface area contributed by atoms with Crippen molar-refractivity contribution in [2.24, 2.45) is 0 Å². The second-order valence-corrected chi connectivity index (χ2v) is 16.9. The fourth-order valence-corrected chi connectivity index (χ4v) is 4.12. The lowest BCUT2D eigenvalue weighted by atomic mass is 10.1. The van der Waals surface area contributed by atoms with Gasteiger partial charge in [0.1, 0.15) is 14.0 Å². The molecule has 0 fully saturated rings. The molecule has 118 valence electrons. The van der Waals surface area contributed by atoms with E-state index in [4.69, 9.17) is 4.43 Å². The minimum absolute atomic E-state index is 0.972. The zero-order chi connectivity index (χ0) is 16.4. The van der Waals surface area contributed by atoms with Crippen molar-refractivity contribution < 1.29 is 4.43 Å². The number of hydrogen-bond donors (Lipinski definition) is 1. The van der Waals surface area contributed by atoms with Crippen LogP contribution in [-0.4, -0.2) is 16.6 Å². The molecule has 0 bridgehead atoms. The predicted octanol–water partition coefficient (Wildman–Crippen LogP) is 5.81. The summed E-state index contributed by atoms with van der Waals surface area (Å²) in [6.45, 7) is 13.5. The molecule has 0 amide bonds. The number of nitrogens with one attached hydrogen (secondary N) is 1. The fourth-order valence-electron chi connectivity index (χ4n) is 2.25. The van der Waals surface area contributed by atoms with Gasteiger partial charge in [0.25, 0.3) is 0 Å². The third kappa shape index (κ3) is 5.35. The van der Waals surface area contributed by atoms with E-state index in [1.807, 2.05) is 0 Å². The highest BCUT2D eigenvalue weighted by Crippen LogP contribution is 2.25. The molecule has 0 aliphatic heterocycles. The van der Waals surface area contributed by atoms with Gasteiger partial charge >= 0.3 is 0 Å². The van der Waals surface area contributed by atoms with E-state index in [2.05, 4.69) is 92.8 Å². The Labute approximate surface area is 136 Å². The van der Waals surface area contributed by atoms with E-state index in [1.54, 1.807) is 0 Å². The van der Waals surface area contributed by atoms with E-state index in [0.717, 1.165) is 5.75 Å². The molecule has 0 radical (unpaired) electrons. The van der Waals surface area contributed by atoms with Gasteiger partial charge in [-0.2, -0.15) is 0 Å². The minimum atomic E-state index is -1.53. The Morgan fingerprint density at radius 1 is 0.682 bits per heavy atom. The summed E-state index contributed by atoms with van der Waals surface area (Å²) in [4.78, 5) is 3.62. The molecule has 0 atom stereocenters. The smallest absolute Gasteiger partial charge is 0.242 e. The van der Waals surface area contributed by atoms with E-state index in [0.29, 0.717) is 0 Å². The summed E-state index contributed by atoms with van der Waals surface area (Å²) in [6.07, 6.45) is 0. The average molecular weight is 330 g/mol. The van der Waals surface area contributed by atoms with E-state index in [-0.39, 0.29) is 0 Å². The zero-order valence-electron chi connectivity index (χ0n) is 14.5. The van der Waals surface area contributed by atoms with E-state index in [9.17, 15) is 0 Å². The third-order valence-corrected chi connectivity index (χ3v) is 4.90. The maximum absolute atomic E-state index is 6.00. The highest BCUT2D eigenvalue weighted by molar-refractivity contribution is 6.79. The first-order valence-electron chi connectivity index (χ1n) is 7.80. The van der Waals surface area contributed by atoms with Crippen molar-refractivity contribution in [3.63, 3.8) is 0 Å². The van der Waals surface area contributed by atoms with Crippen LogP contribution in [0.15, 0.2) is 48.5 Å². The van der Waals surface area contributed by atoms with Crippen molar-refractivity contribution in [1.82, 2.24) is 0 Å². The van der Waals surface area contributed by atoms with Gasteiger partial charge in [0.15, 0.2) is 0 Å². The second kappa shape index (κ2) is 6.30. The molecule has 2 aromatic carbocycles. The monoisotopic (exact) mass is 329 g/mol. The maximum Gasteiger partial charge on any atom is 0.242 e. The molecule has 0 saturated carbocycles. The molecule has 2 rings (SSSR count). The Hall–Kier alpha value is -1.53. The lowest BCUT2D eigenvalue weighted by molar-refractivity contribution is 0.558. The molecule has 0 aliphatic carbocycles. The Morgan fingerprint density at radius 3 is 1.55 bits per heavy atom. The molecule has 0 aromatic heterocycles. The molecular weight excluding hydrogens is 302 g/mol. The molecule has 22 heavy (non-hydrogen) atoms. The summed E-state index contributed by atoms with van der Waals surface area (Å²) in [5.41, 5.74) is 3.67. The Balaban J connectivity index is 2.12. The minimum Gasteiger partial charge on any atom is -0.544 e. The topological polar surface area (TPSA) is 21.3 Å². The van der Waals surface area contributed by atoms with Crippen LogP contribution < -0.4 is 9.41 Å². The molecule has 0 saturated heterocycles. The molecule has 2 aromatic rings. The van der Waals surface area contributed by atoms with Crippen molar-refractivity contribution in [3.05, 3.63) is 48.5 Å². The van der Waals surface area contributed by atoms with Gasteiger partial charge in [0, 0.05) is 5.69 Å². The predicted molar refractivity (Wildman–Crippen MR) is 103 cm³/mol. The first-order valence-corrected chi connectivity index (χ1v) is 14.7. The summed E-state index contributed by atoms with van der Waals surface area (Å²) in [6, 6.07) is 17.1. The summed E-state index contributed by atoms with van der Waals surface area (Å²) in [5.74, 6) is 0.972. The van der Waals surface area contributed by atoms with Gasteiger partial charge < -0.3 is 9.41 Å². The first-order chi connectivity index (χ1) is 10.1. The normalized spacial score (nSPS) is 12.1. The fraction of sp³-hybridized carbons (Fsp3) is 0.333. The van der Waals surface area contributed by atoms with Crippen molar-refractivity contribution in [3.8, 4) is 16.9 Å². The van der Waals surface area contributed by atoms with Crippen LogP contribution in [0.5, 0.6) is 5.75 Å². The van der Waals surface area contributed by atoms with Gasteiger partial charge in [0.2, 0.25) is 8.32 Å². The largest absolute Gasteiger partial charge is 0.544 e. The van der Waals surface area contributed by atoms with Crippen molar-refractivity contribution in [1.29, 1.82) is 0 Å². The first kappa shape index (κ1) is 16.8. The van der Waals surface area contributed by atoms with Gasteiger partial charge in [-0.25, -0.2) is 0 Å². The van der Waals surface area contributed by atoms with Gasteiger partial charge in [-0.15, -0.1) is 0 Å². The molecule has 0 unspecified atom stereocenters. The van der Waals surface area contributed by atoms with Crippen molar-refractivity contribution >= 4 is 22.2 Å². The summed E-state index contributed by atoms with van der Waals surface area (Å²) < 4.78 is 6.00. The lowest BCUT2D eigenvalue weighted by Crippen LogP contribution is -2.32. The van der Waals surface area contributed by atoms with Crippen LogP contribution >= 0.6 is 0 Å². The Morgan fingerprint density at radius 2 is 1.14 bits per heavy atom. The van der Waals surface area contributed by atoms with E-state index in [1.165, 1.54) is 16.8 Å². The summed E-state index contributed by atoms with van der Waals surface area (Å²) in [5, 5.41) is 0. The molecule has 4 heteroatoms. The van der Waals surface area contributed by atoms with Gasteiger partial charge in [-0.1, -0.05) is 43.9 Å². The SMILES string of the molecule is C[Si](C)(C)Nc1ccc(-c2ccc(O[Si](C)(C)C)cc2)cc1.